The van der Waals surface area contributed by atoms with Crippen molar-refractivity contribution in [3.8, 4) is 5.75 Å². The molecular weight excluding hydrogens is 340 g/mol. The van der Waals surface area contributed by atoms with Crippen LogP contribution in [0.15, 0.2) is 48.5 Å². The minimum Gasteiger partial charge on any atom is -0.494 e. The smallest absolute Gasteiger partial charge is 0.222 e. The van der Waals surface area contributed by atoms with Crippen LogP contribution in [0.4, 0.5) is 0 Å². The van der Waals surface area contributed by atoms with Crippen molar-refractivity contribution in [3.05, 3.63) is 65.2 Å². The molecule has 0 aliphatic rings. The summed E-state index contributed by atoms with van der Waals surface area (Å²) in [5, 5.41) is 5.79. The number of benzene rings is 2. The summed E-state index contributed by atoms with van der Waals surface area (Å²) in [7, 11) is 0. The van der Waals surface area contributed by atoms with Crippen molar-refractivity contribution in [2.75, 3.05) is 6.61 Å². The van der Waals surface area contributed by atoms with Crippen molar-refractivity contribution >= 4 is 11.8 Å². The Hall–Kier alpha value is -2.82. The number of carbonyl (C=O) groups is 2. The van der Waals surface area contributed by atoms with Crippen LogP contribution in [-0.2, 0) is 16.1 Å². The van der Waals surface area contributed by atoms with Crippen molar-refractivity contribution in [1.82, 2.24) is 10.6 Å². The van der Waals surface area contributed by atoms with Gasteiger partial charge in [0.15, 0.2) is 0 Å². The van der Waals surface area contributed by atoms with Crippen LogP contribution in [0.1, 0.15) is 49.4 Å². The molecule has 2 amide bonds. The maximum Gasteiger partial charge on any atom is 0.222 e. The zero-order chi connectivity index (χ0) is 19.6. The largest absolute Gasteiger partial charge is 0.494 e. The van der Waals surface area contributed by atoms with E-state index in [2.05, 4.69) is 17.6 Å². The predicted octanol–water partition coefficient (Wildman–Crippen LogP) is 3.67. The van der Waals surface area contributed by atoms with Gasteiger partial charge in [-0.25, -0.2) is 0 Å². The highest BCUT2D eigenvalue weighted by atomic mass is 16.5. The first kappa shape index (κ1) is 20.5. The van der Waals surface area contributed by atoms with Gasteiger partial charge >= 0.3 is 0 Å². The van der Waals surface area contributed by atoms with E-state index in [0.29, 0.717) is 13.2 Å². The minimum atomic E-state index is -0.338. The lowest BCUT2D eigenvalue weighted by Gasteiger charge is -2.18. The van der Waals surface area contributed by atoms with Gasteiger partial charge in [-0.15, -0.1) is 0 Å². The van der Waals surface area contributed by atoms with Gasteiger partial charge in [0.25, 0.3) is 0 Å². The van der Waals surface area contributed by atoms with E-state index in [1.807, 2.05) is 55.5 Å². The Morgan fingerprint density at radius 2 is 1.85 bits per heavy atom. The van der Waals surface area contributed by atoms with Crippen molar-refractivity contribution in [2.24, 2.45) is 0 Å². The van der Waals surface area contributed by atoms with Gasteiger partial charge in [0.05, 0.1) is 19.1 Å². The van der Waals surface area contributed by atoms with Crippen LogP contribution in [0, 0.1) is 6.92 Å². The lowest BCUT2D eigenvalue weighted by atomic mass is 10.0. The number of carbonyl (C=O) groups excluding carboxylic acids is 2. The average Bonchev–Trinajstić information content (AvgIpc) is 2.65. The van der Waals surface area contributed by atoms with E-state index in [-0.39, 0.29) is 24.3 Å². The first-order chi connectivity index (χ1) is 13.0. The first-order valence-electron chi connectivity index (χ1n) is 9.30. The summed E-state index contributed by atoms with van der Waals surface area (Å²) in [6.45, 7) is 6.67. The summed E-state index contributed by atoms with van der Waals surface area (Å²) >= 11 is 0. The van der Waals surface area contributed by atoms with E-state index in [4.69, 9.17) is 4.74 Å². The zero-order valence-electron chi connectivity index (χ0n) is 16.2. The van der Waals surface area contributed by atoms with Crippen LogP contribution in [0.3, 0.4) is 0 Å². The number of hydrogen-bond acceptors (Lipinski definition) is 3. The van der Waals surface area contributed by atoms with Crippen LogP contribution in [0.25, 0.3) is 0 Å². The van der Waals surface area contributed by atoms with E-state index in [0.717, 1.165) is 28.9 Å². The molecule has 0 heterocycles. The molecule has 27 heavy (non-hydrogen) atoms. The molecular formula is C22H28N2O3. The van der Waals surface area contributed by atoms with E-state index < -0.39 is 0 Å². The Bertz CT molecular complexity index is 759. The number of amides is 2. The van der Waals surface area contributed by atoms with Crippen molar-refractivity contribution in [3.63, 3.8) is 0 Å². The molecule has 2 aromatic rings. The molecule has 1 atom stereocenters. The molecule has 0 saturated heterocycles. The van der Waals surface area contributed by atoms with Crippen LogP contribution < -0.4 is 15.4 Å². The summed E-state index contributed by atoms with van der Waals surface area (Å²) in [6, 6.07) is 15.1. The molecule has 0 aliphatic carbocycles. The van der Waals surface area contributed by atoms with Gasteiger partial charge in [-0.1, -0.05) is 43.3 Å². The van der Waals surface area contributed by atoms with Gasteiger partial charge < -0.3 is 15.4 Å². The molecule has 0 aliphatic heterocycles. The summed E-state index contributed by atoms with van der Waals surface area (Å²) in [4.78, 5) is 23.9. The van der Waals surface area contributed by atoms with Gasteiger partial charge in [-0.2, -0.15) is 0 Å². The predicted molar refractivity (Wildman–Crippen MR) is 106 cm³/mol. The fourth-order valence-electron chi connectivity index (χ4n) is 2.81. The summed E-state index contributed by atoms with van der Waals surface area (Å²) in [5.74, 6) is 0.581. The molecule has 5 nitrogen and oxygen atoms in total. The number of hydrogen-bond donors (Lipinski definition) is 2. The molecule has 2 rings (SSSR count). The minimum absolute atomic E-state index is 0.108. The molecule has 0 fully saturated rings. The standard InChI is InChI=1S/C22H28N2O3/c1-4-12-27-20-11-10-19(16(2)13-20)15-23-22(26)14-21(24-17(3)25)18-8-6-5-7-9-18/h5-11,13,21H,4,12,14-15H2,1-3H3,(H,23,26)(H,24,25)/t21-/m0/s1. The van der Waals surface area contributed by atoms with Gasteiger partial charge in [-0.05, 0) is 42.2 Å². The molecule has 0 aromatic heterocycles. The highest BCUT2D eigenvalue weighted by molar-refractivity contribution is 5.79. The summed E-state index contributed by atoms with van der Waals surface area (Å²) < 4.78 is 5.63. The third-order valence-electron chi connectivity index (χ3n) is 4.23. The molecule has 0 saturated carbocycles. The Balaban J connectivity index is 1.95. The Morgan fingerprint density at radius 3 is 2.48 bits per heavy atom. The summed E-state index contributed by atoms with van der Waals surface area (Å²) in [6.07, 6.45) is 1.16. The number of nitrogens with one attached hydrogen (secondary N) is 2. The zero-order valence-corrected chi connectivity index (χ0v) is 16.2. The first-order valence-corrected chi connectivity index (χ1v) is 9.30. The lowest BCUT2D eigenvalue weighted by Crippen LogP contribution is -2.32. The van der Waals surface area contributed by atoms with Crippen LogP contribution >= 0.6 is 0 Å². The Kier molecular flexibility index (Phi) is 7.86. The molecule has 0 bridgehead atoms. The number of ether oxygens (including phenoxy) is 1. The fraction of sp³-hybridized carbons (Fsp3) is 0.364. The maximum absolute atomic E-state index is 12.4. The van der Waals surface area contributed by atoms with E-state index >= 15 is 0 Å². The van der Waals surface area contributed by atoms with E-state index in [9.17, 15) is 9.59 Å². The van der Waals surface area contributed by atoms with Crippen molar-refractivity contribution < 1.29 is 14.3 Å². The SMILES string of the molecule is CCCOc1ccc(CNC(=O)C[C@H](NC(C)=O)c2ccccc2)c(C)c1. The Labute approximate surface area is 161 Å². The molecule has 0 spiro atoms. The van der Waals surface area contributed by atoms with Gasteiger partial charge in [0, 0.05) is 13.5 Å². The second-order valence-corrected chi connectivity index (χ2v) is 6.58. The molecule has 0 unspecified atom stereocenters. The van der Waals surface area contributed by atoms with Gasteiger partial charge in [-0.3, -0.25) is 9.59 Å². The summed E-state index contributed by atoms with van der Waals surface area (Å²) in [5.41, 5.74) is 3.03. The molecule has 0 radical (unpaired) electrons. The molecule has 5 heteroatoms. The number of aryl methyl sites for hydroxylation is 1. The quantitative estimate of drug-likeness (QED) is 0.710. The highest BCUT2D eigenvalue weighted by Gasteiger charge is 2.17. The normalized spacial score (nSPS) is 11.5. The maximum atomic E-state index is 12.4. The number of rotatable bonds is 9. The second kappa shape index (κ2) is 10.4. The van der Waals surface area contributed by atoms with E-state index in [1.54, 1.807) is 0 Å². The molecule has 2 aromatic carbocycles. The third-order valence-corrected chi connectivity index (χ3v) is 4.23. The van der Waals surface area contributed by atoms with Gasteiger partial charge in [0.1, 0.15) is 5.75 Å². The fourth-order valence-corrected chi connectivity index (χ4v) is 2.81. The van der Waals surface area contributed by atoms with Gasteiger partial charge in [0.2, 0.25) is 11.8 Å². The van der Waals surface area contributed by atoms with Crippen molar-refractivity contribution in [1.29, 1.82) is 0 Å². The highest BCUT2D eigenvalue weighted by Crippen LogP contribution is 2.19. The molecule has 2 N–H and O–H groups in total. The average molecular weight is 368 g/mol. The second-order valence-electron chi connectivity index (χ2n) is 6.58. The third kappa shape index (κ3) is 6.77. The van der Waals surface area contributed by atoms with Crippen LogP contribution in [0.5, 0.6) is 5.75 Å². The van der Waals surface area contributed by atoms with E-state index in [1.165, 1.54) is 6.92 Å². The lowest BCUT2D eigenvalue weighted by molar-refractivity contribution is -0.122. The van der Waals surface area contributed by atoms with Crippen LogP contribution in [-0.4, -0.2) is 18.4 Å². The van der Waals surface area contributed by atoms with Crippen molar-refractivity contribution in [2.45, 2.75) is 46.2 Å². The topological polar surface area (TPSA) is 67.4 Å². The Morgan fingerprint density at radius 1 is 1.11 bits per heavy atom. The monoisotopic (exact) mass is 368 g/mol. The molecule has 144 valence electrons. The van der Waals surface area contributed by atoms with Crippen LogP contribution in [0.2, 0.25) is 0 Å².